The predicted octanol–water partition coefficient (Wildman–Crippen LogP) is 0.191. The Kier molecular flexibility index (Phi) is 5.62. The van der Waals surface area contributed by atoms with Crippen molar-refractivity contribution in [1.82, 2.24) is 20.1 Å². The van der Waals surface area contributed by atoms with Crippen LogP contribution in [0.5, 0.6) is 0 Å². The van der Waals surface area contributed by atoms with Crippen molar-refractivity contribution in [3.05, 3.63) is 12.7 Å². The van der Waals surface area contributed by atoms with Crippen LogP contribution in [0.2, 0.25) is 0 Å². The summed E-state index contributed by atoms with van der Waals surface area (Å²) in [6.45, 7) is 4.50. The van der Waals surface area contributed by atoms with Gasteiger partial charge in [-0.25, -0.2) is 9.67 Å². The number of nitrogens with zero attached hydrogens (tertiary/aromatic N) is 3. The molecule has 0 aliphatic rings. The Hall–Kier alpha value is -1.43. The molecule has 1 unspecified atom stereocenters. The third-order valence-electron chi connectivity index (χ3n) is 2.87. The Labute approximate surface area is 101 Å². The molecule has 0 aromatic carbocycles. The number of rotatable bonds is 7. The van der Waals surface area contributed by atoms with Crippen LogP contribution in [-0.4, -0.2) is 38.4 Å². The maximum atomic E-state index is 11.5. The van der Waals surface area contributed by atoms with Gasteiger partial charge >= 0.3 is 0 Å². The third-order valence-corrected chi connectivity index (χ3v) is 2.87. The summed E-state index contributed by atoms with van der Waals surface area (Å²) < 4.78 is 1.44. The fourth-order valence-corrected chi connectivity index (χ4v) is 1.74. The lowest BCUT2D eigenvalue weighted by molar-refractivity contribution is -0.122. The first kappa shape index (κ1) is 13.6. The van der Waals surface area contributed by atoms with Crippen molar-refractivity contribution < 1.29 is 9.90 Å². The molecular weight excluding hydrogens is 220 g/mol. The summed E-state index contributed by atoms with van der Waals surface area (Å²) in [7, 11) is 0. The topological polar surface area (TPSA) is 80.0 Å². The molecule has 1 heterocycles. The van der Waals surface area contributed by atoms with Gasteiger partial charge in [0.15, 0.2) is 0 Å². The molecule has 0 aliphatic heterocycles. The minimum Gasteiger partial charge on any atom is -0.391 e. The van der Waals surface area contributed by atoms with Crippen LogP contribution in [0, 0.1) is 5.92 Å². The van der Waals surface area contributed by atoms with Gasteiger partial charge in [-0.3, -0.25) is 4.79 Å². The number of carbonyl (C=O) groups excluding carboxylic acids is 1. The Morgan fingerprint density at radius 1 is 1.47 bits per heavy atom. The van der Waals surface area contributed by atoms with Crippen LogP contribution in [-0.2, 0) is 11.3 Å². The molecule has 6 nitrogen and oxygen atoms in total. The van der Waals surface area contributed by atoms with Crippen LogP contribution in [0.4, 0.5) is 0 Å². The Morgan fingerprint density at radius 3 is 2.71 bits per heavy atom. The highest BCUT2D eigenvalue weighted by Gasteiger charge is 2.16. The van der Waals surface area contributed by atoms with Gasteiger partial charge in [0.1, 0.15) is 19.2 Å². The smallest absolute Gasteiger partial charge is 0.241 e. The van der Waals surface area contributed by atoms with Crippen LogP contribution in [0.25, 0.3) is 0 Å². The van der Waals surface area contributed by atoms with Crippen molar-refractivity contribution >= 4 is 5.91 Å². The third kappa shape index (κ3) is 4.52. The second-order valence-corrected chi connectivity index (χ2v) is 4.04. The standard InChI is InChI=1S/C11H20N4O2/c1-3-9(4-2)10(16)5-13-11(17)6-15-8-12-7-14-15/h7-10,16H,3-6H2,1-2H3,(H,13,17). The molecule has 1 aromatic rings. The molecule has 0 saturated heterocycles. The van der Waals surface area contributed by atoms with E-state index in [0.717, 1.165) is 12.8 Å². The summed E-state index contributed by atoms with van der Waals surface area (Å²) >= 11 is 0. The van der Waals surface area contributed by atoms with Gasteiger partial charge < -0.3 is 10.4 Å². The Morgan fingerprint density at radius 2 is 2.18 bits per heavy atom. The minimum absolute atomic E-state index is 0.135. The van der Waals surface area contributed by atoms with E-state index in [1.165, 1.54) is 17.3 Å². The van der Waals surface area contributed by atoms with Gasteiger partial charge in [-0.1, -0.05) is 26.7 Å². The molecule has 0 bridgehead atoms. The highest BCUT2D eigenvalue weighted by molar-refractivity contribution is 5.75. The van der Waals surface area contributed by atoms with E-state index in [9.17, 15) is 9.90 Å². The zero-order chi connectivity index (χ0) is 12.7. The summed E-state index contributed by atoms with van der Waals surface area (Å²) in [5.41, 5.74) is 0. The molecule has 0 saturated carbocycles. The van der Waals surface area contributed by atoms with Crippen molar-refractivity contribution in [3.8, 4) is 0 Å². The SMILES string of the molecule is CCC(CC)C(O)CNC(=O)Cn1cncn1. The van der Waals surface area contributed by atoms with Gasteiger partial charge in [0.2, 0.25) is 5.91 Å². The van der Waals surface area contributed by atoms with Crippen molar-refractivity contribution in [1.29, 1.82) is 0 Å². The average Bonchev–Trinajstić information content (AvgIpc) is 2.81. The van der Waals surface area contributed by atoms with Crippen molar-refractivity contribution in [3.63, 3.8) is 0 Å². The van der Waals surface area contributed by atoms with Crippen LogP contribution < -0.4 is 5.32 Å². The number of amides is 1. The van der Waals surface area contributed by atoms with Gasteiger partial charge in [-0.15, -0.1) is 0 Å². The van der Waals surface area contributed by atoms with Crippen LogP contribution >= 0.6 is 0 Å². The predicted molar refractivity (Wildman–Crippen MR) is 63.1 cm³/mol. The lowest BCUT2D eigenvalue weighted by Crippen LogP contribution is -2.37. The van der Waals surface area contributed by atoms with E-state index in [1.54, 1.807) is 0 Å². The van der Waals surface area contributed by atoms with Gasteiger partial charge in [-0.2, -0.15) is 5.10 Å². The zero-order valence-corrected chi connectivity index (χ0v) is 10.3. The second-order valence-electron chi connectivity index (χ2n) is 4.04. The number of hydrogen-bond donors (Lipinski definition) is 2. The molecule has 1 aromatic heterocycles. The first-order valence-corrected chi connectivity index (χ1v) is 5.94. The van der Waals surface area contributed by atoms with E-state index < -0.39 is 6.10 Å². The molecule has 0 aliphatic carbocycles. The second kappa shape index (κ2) is 7.01. The fraction of sp³-hybridized carbons (Fsp3) is 0.727. The van der Waals surface area contributed by atoms with E-state index in [2.05, 4.69) is 15.4 Å². The zero-order valence-electron chi connectivity index (χ0n) is 10.3. The number of hydrogen-bond acceptors (Lipinski definition) is 4. The van der Waals surface area contributed by atoms with E-state index in [1.807, 2.05) is 13.8 Å². The average molecular weight is 240 g/mol. The highest BCUT2D eigenvalue weighted by atomic mass is 16.3. The Bertz CT molecular complexity index is 322. The number of nitrogens with one attached hydrogen (secondary N) is 1. The first-order valence-electron chi connectivity index (χ1n) is 5.94. The maximum absolute atomic E-state index is 11.5. The van der Waals surface area contributed by atoms with Crippen molar-refractivity contribution in [2.45, 2.75) is 39.3 Å². The summed E-state index contributed by atoms with van der Waals surface area (Å²) in [5.74, 6) is 0.0715. The molecular formula is C11H20N4O2. The van der Waals surface area contributed by atoms with E-state index in [0.29, 0.717) is 6.54 Å². The Balaban J connectivity index is 2.28. The molecule has 1 atom stereocenters. The molecule has 0 spiro atoms. The van der Waals surface area contributed by atoms with E-state index in [-0.39, 0.29) is 18.4 Å². The molecule has 6 heteroatoms. The molecule has 1 amide bonds. The first-order chi connectivity index (χ1) is 8.17. The number of aromatic nitrogens is 3. The van der Waals surface area contributed by atoms with Crippen LogP contribution in [0.15, 0.2) is 12.7 Å². The van der Waals surface area contributed by atoms with Crippen molar-refractivity contribution in [2.24, 2.45) is 5.92 Å². The van der Waals surface area contributed by atoms with Crippen LogP contribution in [0.1, 0.15) is 26.7 Å². The summed E-state index contributed by atoms with van der Waals surface area (Å²) in [5, 5.41) is 16.4. The quantitative estimate of drug-likeness (QED) is 0.713. The lowest BCUT2D eigenvalue weighted by atomic mass is 9.96. The summed E-state index contributed by atoms with van der Waals surface area (Å²) in [4.78, 5) is 15.3. The van der Waals surface area contributed by atoms with Gasteiger partial charge in [-0.05, 0) is 5.92 Å². The molecule has 2 N–H and O–H groups in total. The molecule has 0 radical (unpaired) electrons. The van der Waals surface area contributed by atoms with Crippen LogP contribution in [0.3, 0.4) is 0 Å². The van der Waals surface area contributed by atoms with Gasteiger partial charge in [0, 0.05) is 6.54 Å². The normalized spacial score (nSPS) is 12.7. The largest absolute Gasteiger partial charge is 0.391 e. The highest BCUT2D eigenvalue weighted by Crippen LogP contribution is 2.12. The number of carbonyl (C=O) groups is 1. The van der Waals surface area contributed by atoms with Crippen molar-refractivity contribution in [2.75, 3.05) is 6.54 Å². The number of aliphatic hydroxyl groups is 1. The number of aliphatic hydroxyl groups excluding tert-OH is 1. The molecule has 1 rings (SSSR count). The lowest BCUT2D eigenvalue weighted by Gasteiger charge is -2.20. The summed E-state index contributed by atoms with van der Waals surface area (Å²) in [6.07, 6.45) is 4.21. The van der Waals surface area contributed by atoms with E-state index >= 15 is 0 Å². The maximum Gasteiger partial charge on any atom is 0.241 e. The summed E-state index contributed by atoms with van der Waals surface area (Å²) in [6, 6.07) is 0. The van der Waals surface area contributed by atoms with Gasteiger partial charge in [0.05, 0.1) is 6.10 Å². The monoisotopic (exact) mass is 240 g/mol. The fourth-order valence-electron chi connectivity index (χ4n) is 1.74. The minimum atomic E-state index is -0.482. The molecule has 96 valence electrons. The molecule has 0 fully saturated rings. The molecule has 17 heavy (non-hydrogen) atoms. The van der Waals surface area contributed by atoms with E-state index in [4.69, 9.17) is 0 Å². The van der Waals surface area contributed by atoms with Gasteiger partial charge in [0.25, 0.3) is 0 Å².